The molecular formula is C20H24O. The molecule has 0 spiro atoms. The van der Waals surface area contributed by atoms with Crippen LogP contribution in [0.25, 0.3) is 0 Å². The van der Waals surface area contributed by atoms with E-state index < -0.39 is 0 Å². The van der Waals surface area contributed by atoms with E-state index in [1.165, 1.54) is 16.7 Å². The monoisotopic (exact) mass is 280 g/mol. The van der Waals surface area contributed by atoms with Gasteiger partial charge in [-0.1, -0.05) is 68.8 Å². The first-order chi connectivity index (χ1) is 9.77. The van der Waals surface area contributed by atoms with Crippen LogP contribution in [0.1, 0.15) is 53.4 Å². The van der Waals surface area contributed by atoms with Crippen molar-refractivity contribution in [3.63, 3.8) is 0 Å². The number of rotatable bonds is 3. The quantitative estimate of drug-likeness (QED) is 0.721. The Morgan fingerprint density at radius 3 is 2.14 bits per heavy atom. The van der Waals surface area contributed by atoms with E-state index in [1.54, 1.807) is 0 Å². The summed E-state index contributed by atoms with van der Waals surface area (Å²) in [5.41, 5.74) is 5.68. The molecule has 0 saturated carbocycles. The average Bonchev–Trinajstić information content (AvgIpc) is 2.42. The standard InChI is InChI=1S/C20H24O/c1-14-6-7-15(2)17(12-14)13-19(21)16-8-10-18(11-9-16)20(3,4)5/h6-12H,13H2,1-5H3. The molecule has 0 atom stereocenters. The Bertz CT molecular complexity index is 643. The van der Waals surface area contributed by atoms with Gasteiger partial charge in [-0.25, -0.2) is 0 Å². The average molecular weight is 280 g/mol. The van der Waals surface area contributed by atoms with Crippen LogP contribution < -0.4 is 0 Å². The molecule has 2 rings (SSSR count). The van der Waals surface area contributed by atoms with Crippen molar-refractivity contribution >= 4 is 5.78 Å². The zero-order chi connectivity index (χ0) is 15.6. The second kappa shape index (κ2) is 5.85. The second-order valence-electron chi connectivity index (χ2n) is 6.86. The van der Waals surface area contributed by atoms with E-state index in [-0.39, 0.29) is 11.2 Å². The molecule has 2 aromatic carbocycles. The van der Waals surface area contributed by atoms with Gasteiger partial charge in [-0.15, -0.1) is 0 Å². The van der Waals surface area contributed by atoms with Gasteiger partial charge in [0.1, 0.15) is 0 Å². The van der Waals surface area contributed by atoms with Crippen molar-refractivity contribution in [1.82, 2.24) is 0 Å². The summed E-state index contributed by atoms with van der Waals surface area (Å²) >= 11 is 0. The molecule has 0 aromatic heterocycles. The third kappa shape index (κ3) is 3.81. The van der Waals surface area contributed by atoms with Gasteiger partial charge in [-0.3, -0.25) is 4.79 Å². The lowest BCUT2D eigenvalue weighted by Gasteiger charge is -2.19. The number of hydrogen-bond donors (Lipinski definition) is 0. The largest absolute Gasteiger partial charge is 0.294 e. The first-order valence-electron chi connectivity index (χ1n) is 7.47. The number of aryl methyl sites for hydroxylation is 2. The molecular weight excluding hydrogens is 256 g/mol. The third-order valence-electron chi connectivity index (χ3n) is 3.93. The lowest BCUT2D eigenvalue weighted by molar-refractivity contribution is 0.0992. The van der Waals surface area contributed by atoms with E-state index in [4.69, 9.17) is 0 Å². The van der Waals surface area contributed by atoms with E-state index >= 15 is 0 Å². The van der Waals surface area contributed by atoms with Gasteiger partial charge in [0.2, 0.25) is 0 Å². The molecule has 0 saturated heterocycles. The van der Waals surface area contributed by atoms with Gasteiger partial charge < -0.3 is 0 Å². The minimum absolute atomic E-state index is 0.120. The fourth-order valence-electron chi connectivity index (χ4n) is 2.42. The Morgan fingerprint density at radius 1 is 0.952 bits per heavy atom. The van der Waals surface area contributed by atoms with Gasteiger partial charge in [0.15, 0.2) is 5.78 Å². The first-order valence-corrected chi connectivity index (χ1v) is 7.47. The molecule has 0 bridgehead atoms. The summed E-state index contributed by atoms with van der Waals surface area (Å²) in [4.78, 5) is 12.4. The Hall–Kier alpha value is -1.89. The summed E-state index contributed by atoms with van der Waals surface area (Å²) in [6, 6.07) is 14.3. The van der Waals surface area contributed by atoms with Crippen LogP contribution in [0.2, 0.25) is 0 Å². The number of ketones is 1. The van der Waals surface area contributed by atoms with Crippen molar-refractivity contribution in [2.75, 3.05) is 0 Å². The molecule has 0 amide bonds. The smallest absolute Gasteiger partial charge is 0.167 e. The minimum atomic E-state index is 0.120. The zero-order valence-corrected chi connectivity index (χ0v) is 13.7. The number of carbonyl (C=O) groups is 1. The van der Waals surface area contributed by atoms with E-state index in [0.29, 0.717) is 6.42 Å². The zero-order valence-electron chi connectivity index (χ0n) is 13.7. The fourth-order valence-corrected chi connectivity index (χ4v) is 2.42. The van der Waals surface area contributed by atoms with Crippen LogP contribution in [0.15, 0.2) is 42.5 Å². The van der Waals surface area contributed by atoms with Crippen molar-refractivity contribution in [3.05, 3.63) is 70.3 Å². The molecule has 1 heteroatoms. The third-order valence-corrected chi connectivity index (χ3v) is 3.93. The summed E-state index contributed by atoms with van der Waals surface area (Å²) in [5.74, 6) is 0.184. The van der Waals surface area contributed by atoms with Gasteiger partial charge in [-0.05, 0) is 36.0 Å². The van der Waals surface area contributed by atoms with Crippen molar-refractivity contribution < 1.29 is 4.79 Å². The van der Waals surface area contributed by atoms with Crippen LogP contribution >= 0.6 is 0 Å². The van der Waals surface area contributed by atoms with Gasteiger partial charge >= 0.3 is 0 Å². The maximum atomic E-state index is 12.4. The summed E-state index contributed by atoms with van der Waals surface area (Å²) < 4.78 is 0. The van der Waals surface area contributed by atoms with E-state index in [2.05, 4.69) is 65.0 Å². The molecule has 1 nitrogen and oxygen atoms in total. The van der Waals surface area contributed by atoms with Gasteiger partial charge in [0.25, 0.3) is 0 Å². The van der Waals surface area contributed by atoms with Crippen LogP contribution in [-0.2, 0) is 11.8 Å². The molecule has 0 fully saturated rings. The van der Waals surface area contributed by atoms with Gasteiger partial charge in [0, 0.05) is 12.0 Å². The molecule has 0 aliphatic heterocycles. The lowest BCUT2D eigenvalue weighted by Crippen LogP contribution is -2.11. The molecule has 2 aromatic rings. The normalized spacial score (nSPS) is 11.5. The molecule has 0 unspecified atom stereocenters. The highest BCUT2D eigenvalue weighted by Crippen LogP contribution is 2.23. The molecule has 110 valence electrons. The maximum Gasteiger partial charge on any atom is 0.167 e. The minimum Gasteiger partial charge on any atom is -0.294 e. The maximum absolute atomic E-state index is 12.4. The number of Topliss-reactive ketones (excluding diaryl/α,β-unsaturated/α-hetero) is 1. The fraction of sp³-hybridized carbons (Fsp3) is 0.350. The number of hydrogen-bond acceptors (Lipinski definition) is 1. The first kappa shape index (κ1) is 15.5. The Kier molecular flexibility index (Phi) is 4.32. The second-order valence-corrected chi connectivity index (χ2v) is 6.86. The lowest BCUT2D eigenvalue weighted by atomic mass is 9.86. The summed E-state index contributed by atoms with van der Waals surface area (Å²) in [5, 5.41) is 0. The van der Waals surface area contributed by atoms with Gasteiger partial charge in [-0.2, -0.15) is 0 Å². The van der Waals surface area contributed by atoms with E-state index in [9.17, 15) is 4.79 Å². The Labute approximate surface area is 128 Å². The van der Waals surface area contributed by atoms with Crippen LogP contribution in [-0.4, -0.2) is 5.78 Å². The highest BCUT2D eigenvalue weighted by molar-refractivity contribution is 5.97. The van der Waals surface area contributed by atoms with E-state index in [0.717, 1.165) is 11.1 Å². The highest BCUT2D eigenvalue weighted by Gasteiger charge is 2.14. The van der Waals surface area contributed by atoms with Gasteiger partial charge in [0.05, 0.1) is 0 Å². The predicted octanol–water partition coefficient (Wildman–Crippen LogP) is 5.03. The summed E-state index contributed by atoms with van der Waals surface area (Å²) in [6.45, 7) is 10.7. The Balaban J connectivity index is 2.19. The molecule has 0 radical (unpaired) electrons. The Morgan fingerprint density at radius 2 is 1.57 bits per heavy atom. The van der Waals surface area contributed by atoms with Crippen molar-refractivity contribution in [2.45, 2.75) is 46.5 Å². The molecule has 0 N–H and O–H groups in total. The van der Waals surface area contributed by atoms with E-state index in [1.807, 2.05) is 12.1 Å². The van der Waals surface area contributed by atoms with Crippen molar-refractivity contribution in [1.29, 1.82) is 0 Å². The van der Waals surface area contributed by atoms with Crippen LogP contribution in [0.3, 0.4) is 0 Å². The SMILES string of the molecule is Cc1ccc(C)c(CC(=O)c2ccc(C(C)(C)C)cc2)c1. The molecule has 0 aliphatic rings. The van der Waals surface area contributed by atoms with Crippen LogP contribution in [0, 0.1) is 13.8 Å². The molecule has 21 heavy (non-hydrogen) atoms. The predicted molar refractivity (Wildman–Crippen MR) is 89.1 cm³/mol. The number of carbonyl (C=O) groups excluding carboxylic acids is 1. The van der Waals surface area contributed by atoms with Crippen LogP contribution in [0.4, 0.5) is 0 Å². The van der Waals surface area contributed by atoms with Crippen molar-refractivity contribution in [2.24, 2.45) is 0 Å². The molecule has 0 heterocycles. The van der Waals surface area contributed by atoms with Crippen molar-refractivity contribution in [3.8, 4) is 0 Å². The molecule has 0 aliphatic carbocycles. The number of benzene rings is 2. The highest BCUT2D eigenvalue weighted by atomic mass is 16.1. The summed E-state index contributed by atoms with van der Waals surface area (Å²) in [6.07, 6.45) is 0.475. The van der Waals surface area contributed by atoms with Crippen LogP contribution in [0.5, 0.6) is 0 Å². The summed E-state index contributed by atoms with van der Waals surface area (Å²) in [7, 11) is 0. The topological polar surface area (TPSA) is 17.1 Å².